The molecule has 0 heterocycles. The van der Waals surface area contributed by atoms with Crippen LogP contribution in [0.2, 0.25) is 0 Å². The van der Waals surface area contributed by atoms with Crippen molar-refractivity contribution in [3.05, 3.63) is 17.7 Å². The number of phenolic OH excluding ortho intramolecular Hbond substituents is 1. The highest BCUT2D eigenvalue weighted by molar-refractivity contribution is 5.73. The van der Waals surface area contributed by atoms with Crippen LogP contribution >= 0.6 is 0 Å². The van der Waals surface area contributed by atoms with Crippen molar-refractivity contribution in [2.24, 2.45) is 0 Å². The van der Waals surface area contributed by atoms with Crippen molar-refractivity contribution in [3.63, 3.8) is 0 Å². The maximum absolute atomic E-state index is 13.3. The van der Waals surface area contributed by atoms with Crippen LogP contribution in [-0.4, -0.2) is 17.5 Å². The summed E-state index contributed by atoms with van der Waals surface area (Å²) in [4.78, 5) is 0. The quantitative estimate of drug-likeness (QED) is 0.450. The van der Waals surface area contributed by atoms with Gasteiger partial charge in [0.05, 0.1) is 16.9 Å². The molecule has 0 amide bonds. The van der Waals surface area contributed by atoms with E-state index in [4.69, 9.17) is 11.5 Å². The second-order valence-corrected chi connectivity index (χ2v) is 3.46. The van der Waals surface area contributed by atoms with Crippen LogP contribution in [0.25, 0.3) is 0 Å². The zero-order valence-electron chi connectivity index (χ0n) is 8.60. The maximum Gasteiger partial charge on any atom is 0.373 e. The molecule has 0 aliphatic heterocycles. The van der Waals surface area contributed by atoms with E-state index in [1.54, 1.807) is 0 Å². The van der Waals surface area contributed by atoms with Crippen LogP contribution in [0.4, 0.5) is 37.7 Å². The van der Waals surface area contributed by atoms with Gasteiger partial charge in [-0.25, -0.2) is 8.78 Å². The lowest BCUT2D eigenvalue weighted by Crippen LogP contribution is -2.44. The fourth-order valence-corrected chi connectivity index (χ4v) is 1.19. The molecule has 0 aliphatic carbocycles. The monoisotopic (exact) mass is 274 g/mol. The average Bonchev–Trinajstić information content (AvgIpc) is 2.25. The van der Waals surface area contributed by atoms with Gasteiger partial charge in [-0.3, -0.25) is 0 Å². The number of phenols is 1. The van der Waals surface area contributed by atoms with E-state index in [0.29, 0.717) is 12.1 Å². The highest BCUT2D eigenvalue weighted by atomic mass is 19.3. The number of nitrogens with two attached hydrogens (primary N) is 2. The Kier molecular flexibility index (Phi) is 3.28. The van der Waals surface area contributed by atoms with Crippen LogP contribution in [0.1, 0.15) is 5.56 Å². The molecule has 0 spiro atoms. The van der Waals surface area contributed by atoms with Gasteiger partial charge in [-0.15, -0.1) is 0 Å². The summed E-state index contributed by atoms with van der Waals surface area (Å²) in [5.74, 6) is -12.4. The summed E-state index contributed by atoms with van der Waals surface area (Å²) in [6.07, 6.45) is -4.61. The molecule has 1 aromatic rings. The predicted octanol–water partition coefficient (Wildman–Crippen LogP) is 2.55. The number of benzene rings is 1. The molecule has 0 atom stereocenters. The first-order chi connectivity index (χ1) is 8.03. The maximum atomic E-state index is 13.3. The third-order valence-electron chi connectivity index (χ3n) is 2.28. The number of nitrogen functional groups attached to an aromatic ring is 2. The first kappa shape index (κ1) is 14.3. The normalized spacial score (nSPS) is 13.1. The Morgan fingerprint density at radius 3 is 2.00 bits per heavy atom. The van der Waals surface area contributed by atoms with Crippen molar-refractivity contribution < 1.29 is 31.4 Å². The van der Waals surface area contributed by atoms with Gasteiger partial charge in [0.15, 0.2) is 0 Å². The van der Waals surface area contributed by atoms with Crippen LogP contribution in [0.5, 0.6) is 5.75 Å². The molecule has 0 aliphatic rings. The van der Waals surface area contributed by atoms with Gasteiger partial charge in [-0.1, -0.05) is 0 Å². The van der Waals surface area contributed by atoms with Gasteiger partial charge in [0, 0.05) is 0 Å². The molecule has 1 rings (SSSR count). The smallest absolute Gasteiger partial charge is 0.373 e. The Bertz CT molecular complexity index is 463. The van der Waals surface area contributed by atoms with Crippen LogP contribution < -0.4 is 11.5 Å². The van der Waals surface area contributed by atoms with E-state index >= 15 is 0 Å². The highest BCUT2D eigenvalue weighted by Gasteiger charge is 2.64. The summed E-state index contributed by atoms with van der Waals surface area (Å²) in [5.41, 5.74) is 7.36. The largest absolute Gasteiger partial charge is 0.505 e. The number of hydrogen-bond acceptors (Lipinski definition) is 3. The fraction of sp³-hybridized carbons (Fsp3) is 0.333. The number of anilines is 2. The summed E-state index contributed by atoms with van der Waals surface area (Å²) in [6, 6.07) is 1.02. The van der Waals surface area contributed by atoms with Gasteiger partial charge in [-0.05, 0) is 12.1 Å². The van der Waals surface area contributed by atoms with Gasteiger partial charge in [0.2, 0.25) is 0 Å². The molecule has 3 nitrogen and oxygen atoms in total. The zero-order chi connectivity index (χ0) is 14.3. The number of halogens is 6. The van der Waals surface area contributed by atoms with E-state index in [1.165, 1.54) is 0 Å². The Hall–Kier alpha value is -1.80. The van der Waals surface area contributed by atoms with Crippen LogP contribution in [0.3, 0.4) is 0 Å². The Morgan fingerprint density at radius 2 is 1.56 bits per heavy atom. The second-order valence-electron chi connectivity index (χ2n) is 3.46. The lowest BCUT2D eigenvalue weighted by molar-refractivity contribution is -0.270. The molecule has 1 aromatic carbocycles. The molecule has 0 aromatic heterocycles. The average molecular weight is 274 g/mol. The van der Waals surface area contributed by atoms with E-state index in [2.05, 4.69) is 0 Å². The van der Waals surface area contributed by atoms with Crippen LogP contribution in [-0.2, 0) is 5.92 Å². The second kappa shape index (κ2) is 4.14. The molecule has 0 radical (unpaired) electrons. The summed E-state index contributed by atoms with van der Waals surface area (Å²) in [6.45, 7) is 0. The molecule has 0 unspecified atom stereocenters. The number of rotatable bonds is 3. The third-order valence-corrected chi connectivity index (χ3v) is 2.28. The molecule has 0 fully saturated rings. The van der Waals surface area contributed by atoms with E-state index in [1.807, 2.05) is 0 Å². The van der Waals surface area contributed by atoms with Gasteiger partial charge < -0.3 is 16.6 Å². The Balaban J connectivity index is 3.42. The summed E-state index contributed by atoms with van der Waals surface area (Å²) in [5, 5.41) is 9.20. The van der Waals surface area contributed by atoms with Gasteiger partial charge >= 0.3 is 18.3 Å². The van der Waals surface area contributed by atoms with Gasteiger partial charge in [0.1, 0.15) is 5.75 Å². The van der Waals surface area contributed by atoms with Crippen LogP contribution in [0.15, 0.2) is 12.1 Å². The molecular weight excluding hydrogens is 266 g/mol. The minimum atomic E-state index is -5.65. The molecular formula is C9H8F6N2O. The first-order valence-electron chi connectivity index (χ1n) is 4.44. The van der Waals surface area contributed by atoms with Crippen LogP contribution in [0, 0.1) is 0 Å². The van der Waals surface area contributed by atoms with Crippen molar-refractivity contribution >= 4 is 11.4 Å². The zero-order valence-corrected chi connectivity index (χ0v) is 8.60. The molecule has 0 bridgehead atoms. The van der Waals surface area contributed by atoms with Gasteiger partial charge in [-0.2, -0.15) is 17.6 Å². The predicted molar refractivity (Wildman–Crippen MR) is 51.8 cm³/mol. The van der Waals surface area contributed by atoms with E-state index in [-0.39, 0.29) is 5.69 Å². The standard InChI is InChI=1S/C9H8F6N2O/c10-7(11)9(14,15)8(12,13)3-1-2-4(16)5(17)6(3)18/h1-2,7,18H,16-17H2. The molecule has 0 saturated heterocycles. The Morgan fingerprint density at radius 1 is 1.06 bits per heavy atom. The lowest BCUT2D eigenvalue weighted by atomic mass is 10.00. The van der Waals surface area contributed by atoms with Crippen molar-refractivity contribution in [1.29, 1.82) is 0 Å². The van der Waals surface area contributed by atoms with Crippen molar-refractivity contribution in [1.82, 2.24) is 0 Å². The highest BCUT2D eigenvalue weighted by Crippen LogP contribution is 2.50. The van der Waals surface area contributed by atoms with Crippen molar-refractivity contribution in [3.8, 4) is 5.75 Å². The number of alkyl halides is 6. The SMILES string of the molecule is Nc1ccc(C(F)(F)C(F)(F)C(F)F)c(O)c1N. The third kappa shape index (κ3) is 1.89. The number of aromatic hydroxyl groups is 1. The summed E-state index contributed by atoms with van der Waals surface area (Å²) >= 11 is 0. The molecule has 18 heavy (non-hydrogen) atoms. The van der Waals surface area contributed by atoms with Crippen molar-refractivity contribution in [2.75, 3.05) is 11.5 Å². The minimum absolute atomic E-state index is 0.317. The summed E-state index contributed by atoms with van der Waals surface area (Å²) < 4.78 is 75.9. The topological polar surface area (TPSA) is 72.3 Å². The number of hydrogen-bond donors (Lipinski definition) is 3. The van der Waals surface area contributed by atoms with Crippen molar-refractivity contribution in [2.45, 2.75) is 18.3 Å². The Labute approximate surface area is 97.0 Å². The van der Waals surface area contributed by atoms with Gasteiger partial charge in [0.25, 0.3) is 0 Å². The van der Waals surface area contributed by atoms with E-state index in [9.17, 15) is 31.4 Å². The lowest BCUT2D eigenvalue weighted by Gasteiger charge is -2.27. The molecule has 0 saturated carbocycles. The first-order valence-corrected chi connectivity index (χ1v) is 4.44. The van der Waals surface area contributed by atoms with E-state index < -0.39 is 35.3 Å². The molecule has 102 valence electrons. The molecule has 5 N–H and O–H groups in total. The molecule has 9 heteroatoms. The van der Waals surface area contributed by atoms with E-state index in [0.717, 1.165) is 0 Å². The summed E-state index contributed by atoms with van der Waals surface area (Å²) in [7, 11) is 0. The fourth-order valence-electron chi connectivity index (χ4n) is 1.19. The minimum Gasteiger partial charge on any atom is -0.505 e.